The van der Waals surface area contributed by atoms with E-state index in [9.17, 15) is 22.8 Å². The van der Waals surface area contributed by atoms with Gasteiger partial charge in [0.05, 0.1) is 11.0 Å². The first-order valence-corrected chi connectivity index (χ1v) is 9.07. The lowest BCUT2D eigenvalue weighted by molar-refractivity contribution is -0.146. The Hall–Kier alpha value is -2.62. The molecule has 28 heavy (non-hydrogen) atoms. The smallest absolute Gasteiger partial charge is 0.346 e. The summed E-state index contributed by atoms with van der Waals surface area (Å²) in [7, 11) is 1.27. The van der Waals surface area contributed by atoms with Crippen molar-refractivity contribution >= 4 is 28.5 Å². The quantitative estimate of drug-likeness (QED) is 0.775. The molecule has 0 radical (unpaired) electrons. The molecular weight excluding hydrogens is 375 g/mol. The van der Waals surface area contributed by atoms with Crippen LogP contribution in [0.3, 0.4) is 0 Å². The minimum atomic E-state index is -4.58. The molecule has 1 aliphatic rings. The Kier molecular flexibility index (Phi) is 5.59. The first-order valence-electron chi connectivity index (χ1n) is 9.07. The first-order chi connectivity index (χ1) is 13.2. The monoisotopic (exact) mass is 397 g/mol. The van der Waals surface area contributed by atoms with Gasteiger partial charge in [0.2, 0.25) is 5.82 Å². The minimum absolute atomic E-state index is 0.0811. The highest BCUT2D eigenvalue weighted by Crippen LogP contribution is 2.31. The van der Waals surface area contributed by atoms with Gasteiger partial charge in [0, 0.05) is 25.3 Å². The van der Waals surface area contributed by atoms with Crippen molar-refractivity contribution in [2.45, 2.75) is 32.0 Å². The molecule has 10 heteroatoms. The number of fused-ring (bicyclic) bond motifs is 1. The van der Waals surface area contributed by atoms with E-state index in [2.05, 4.69) is 20.5 Å². The molecule has 1 aliphatic heterocycles. The Morgan fingerprint density at radius 1 is 1.29 bits per heavy atom. The Labute approximate surface area is 159 Å². The van der Waals surface area contributed by atoms with Crippen molar-refractivity contribution in [3.05, 3.63) is 24.0 Å². The number of carbonyl (C=O) groups is 2. The van der Waals surface area contributed by atoms with E-state index in [0.717, 1.165) is 30.5 Å². The molecule has 0 spiro atoms. The average Bonchev–Trinajstić information content (AvgIpc) is 3.23. The maximum atomic E-state index is 13.0. The molecule has 0 saturated carbocycles. The van der Waals surface area contributed by atoms with E-state index >= 15 is 0 Å². The molecule has 1 aromatic carbocycles. The molecule has 7 nitrogen and oxygen atoms in total. The van der Waals surface area contributed by atoms with Crippen LogP contribution in [-0.4, -0.2) is 51.9 Å². The van der Waals surface area contributed by atoms with Crippen LogP contribution in [0, 0.1) is 0 Å². The van der Waals surface area contributed by atoms with Gasteiger partial charge < -0.3 is 15.2 Å². The number of anilines is 1. The maximum absolute atomic E-state index is 13.0. The highest BCUT2D eigenvalue weighted by atomic mass is 19.4. The van der Waals surface area contributed by atoms with Crippen LogP contribution in [0.4, 0.5) is 18.9 Å². The molecule has 2 amide bonds. The Morgan fingerprint density at radius 3 is 2.71 bits per heavy atom. The van der Waals surface area contributed by atoms with E-state index in [4.69, 9.17) is 0 Å². The molecule has 0 unspecified atom stereocenters. The number of hydrogen-bond acceptors (Lipinski definition) is 4. The number of alkyl halides is 3. The number of likely N-dealkylation sites (tertiary alicyclic amines) is 1. The topological polar surface area (TPSA) is 79.3 Å². The molecule has 152 valence electrons. The molecule has 2 N–H and O–H groups in total. The van der Waals surface area contributed by atoms with Gasteiger partial charge in [-0.15, -0.1) is 0 Å². The van der Waals surface area contributed by atoms with Crippen molar-refractivity contribution in [3.63, 3.8) is 0 Å². The second-order valence-electron chi connectivity index (χ2n) is 6.78. The number of imidazole rings is 1. The van der Waals surface area contributed by atoms with Gasteiger partial charge in [0.1, 0.15) is 0 Å². The van der Waals surface area contributed by atoms with Crippen LogP contribution in [0.5, 0.6) is 0 Å². The molecule has 2 heterocycles. The minimum Gasteiger partial charge on any atom is -0.346 e. The highest BCUT2D eigenvalue weighted by Gasteiger charge is 2.36. The molecule has 1 atom stereocenters. The summed E-state index contributed by atoms with van der Waals surface area (Å²) in [6.45, 7) is 4.29. The van der Waals surface area contributed by atoms with E-state index in [0.29, 0.717) is 6.54 Å². The Balaban J connectivity index is 1.65. The predicted octanol–water partition coefficient (Wildman–Crippen LogP) is 2.13. The number of likely N-dealkylation sites (N-methyl/N-ethyl adjacent to an activating group) is 1. The first kappa shape index (κ1) is 20.1. The number of aryl methyl sites for hydroxylation is 1. The number of benzene rings is 1. The number of rotatable bonds is 4. The summed E-state index contributed by atoms with van der Waals surface area (Å²) < 4.78 is 39.8. The molecular formula is C18H22F3N5O2. The zero-order chi connectivity index (χ0) is 20.5. The number of hydrogen-bond donors (Lipinski definition) is 2. The molecule has 1 saturated heterocycles. The van der Waals surface area contributed by atoms with Crippen molar-refractivity contribution < 1.29 is 22.8 Å². The zero-order valence-electron chi connectivity index (χ0n) is 15.6. The van der Waals surface area contributed by atoms with Crippen molar-refractivity contribution in [2.75, 3.05) is 25.0 Å². The summed E-state index contributed by atoms with van der Waals surface area (Å²) >= 11 is 0. The van der Waals surface area contributed by atoms with Crippen molar-refractivity contribution in [2.24, 2.45) is 7.05 Å². The van der Waals surface area contributed by atoms with Crippen molar-refractivity contribution in [3.8, 4) is 0 Å². The predicted molar refractivity (Wildman–Crippen MR) is 97.6 cm³/mol. The van der Waals surface area contributed by atoms with Gasteiger partial charge in [0.25, 0.3) is 0 Å². The lowest BCUT2D eigenvalue weighted by Crippen LogP contribution is -2.43. The lowest BCUT2D eigenvalue weighted by atomic mass is 10.2. The van der Waals surface area contributed by atoms with Gasteiger partial charge in [-0.05, 0) is 44.1 Å². The number of halogens is 3. The molecule has 1 aromatic heterocycles. The van der Waals surface area contributed by atoms with Crippen LogP contribution in [0.1, 0.15) is 25.6 Å². The standard InChI is InChI=1S/C18H22F3N5O2/c1-3-26-8-4-5-12(26)10-22-15(27)16(28)23-11-6-7-14-13(9-11)24-17(25(14)2)18(19,20)21/h6-7,9,12H,3-5,8,10H2,1-2H3,(H,22,27)(H,23,28)/t12-/m0/s1. The fraction of sp³-hybridized carbons (Fsp3) is 0.500. The van der Waals surface area contributed by atoms with Crippen LogP contribution in [0.25, 0.3) is 11.0 Å². The molecule has 1 fully saturated rings. The van der Waals surface area contributed by atoms with Gasteiger partial charge >= 0.3 is 18.0 Å². The van der Waals surface area contributed by atoms with Gasteiger partial charge in [0.15, 0.2) is 0 Å². The summed E-state index contributed by atoms with van der Waals surface area (Å²) in [6.07, 6.45) is -2.55. The largest absolute Gasteiger partial charge is 0.449 e. The molecule has 2 aromatic rings. The van der Waals surface area contributed by atoms with E-state index < -0.39 is 23.8 Å². The fourth-order valence-electron chi connectivity index (χ4n) is 3.55. The van der Waals surface area contributed by atoms with Gasteiger partial charge in [-0.1, -0.05) is 6.92 Å². The second kappa shape index (κ2) is 7.78. The van der Waals surface area contributed by atoms with Crippen LogP contribution in [-0.2, 0) is 22.8 Å². The lowest BCUT2D eigenvalue weighted by Gasteiger charge is -2.22. The van der Waals surface area contributed by atoms with Gasteiger partial charge in [-0.3, -0.25) is 14.5 Å². The number of nitrogens with zero attached hydrogens (tertiary/aromatic N) is 3. The molecule has 0 bridgehead atoms. The second-order valence-corrected chi connectivity index (χ2v) is 6.78. The summed E-state index contributed by atoms with van der Waals surface area (Å²) in [5.41, 5.74) is 0.559. The highest BCUT2D eigenvalue weighted by molar-refractivity contribution is 6.39. The van der Waals surface area contributed by atoms with Gasteiger partial charge in [-0.2, -0.15) is 13.2 Å². The maximum Gasteiger partial charge on any atom is 0.449 e. The number of nitrogens with one attached hydrogen (secondary N) is 2. The summed E-state index contributed by atoms with van der Waals surface area (Å²) in [5, 5.41) is 5.02. The number of amides is 2. The van der Waals surface area contributed by atoms with Crippen molar-refractivity contribution in [1.82, 2.24) is 19.8 Å². The third-order valence-corrected chi connectivity index (χ3v) is 5.00. The normalized spacial score (nSPS) is 17.8. The van der Waals surface area contributed by atoms with Crippen LogP contribution >= 0.6 is 0 Å². The van der Waals surface area contributed by atoms with Crippen LogP contribution in [0.15, 0.2) is 18.2 Å². The SMILES string of the molecule is CCN1CCC[C@H]1CNC(=O)C(=O)Nc1ccc2c(c1)nc(C(F)(F)F)n2C. The van der Waals surface area contributed by atoms with Crippen LogP contribution < -0.4 is 10.6 Å². The summed E-state index contributed by atoms with van der Waals surface area (Å²) in [5.74, 6) is -2.67. The average molecular weight is 397 g/mol. The molecule has 3 rings (SSSR count). The third kappa shape index (κ3) is 4.11. The summed E-state index contributed by atoms with van der Waals surface area (Å²) in [6, 6.07) is 4.38. The Bertz CT molecular complexity index is 893. The van der Waals surface area contributed by atoms with E-state index in [-0.39, 0.29) is 22.8 Å². The van der Waals surface area contributed by atoms with Crippen molar-refractivity contribution in [1.29, 1.82) is 0 Å². The third-order valence-electron chi connectivity index (χ3n) is 5.00. The summed E-state index contributed by atoms with van der Waals surface area (Å²) in [4.78, 5) is 30.0. The zero-order valence-corrected chi connectivity index (χ0v) is 15.6. The fourth-order valence-corrected chi connectivity index (χ4v) is 3.55. The Morgan fingerprint density at radius 2 is 2.04 bits per heavy atom. The van der Waals surface area contributed by atoms with Crippen LogP contribution in [0.2, 0.25) is 0 Å². The van der Waals surface area contributed by atoms with E-state index in [1.54, 1.807) is 0 Å². The van der Waals surface area contributed by atoms with E-state index in [1.807, 2.05) is 6.92 Å². The van der Waals surface area contributed by atoms with Gasteiger partial charge in [-0.25, -0.2) is 4.98 Å². The number of carbonyl (C=O) groups excluding carboxylic acids is 2. The van der Waals surface area contributed by atoms with E-state index in [1.165, 1.54) is 25.2 Å². The molecule has 0 aliphatic carbocycles. The number of aromatic nitrogens is 2.